The van der Waals surface area contributed by atoms with E-state index in [4.69, 9.17) is 4.42 Å². The largest absolute Gasteiger partial charge is 0.459 e. The summed E-state index contributed by atoms with van der Waals surface area (Å²) >= 11 is 8.00. The van der Waals surface area contributed by atoms with E-state index in [2.05, 4.69) is 42.5 Å². The van der Waals surface area contributed by atoms with Crippen molar-refractivity contribution in [1.82, 2.24) is 10.6 Å². The van der Waals surface area contributed by atoms with Crippen LogP contribution in [0.4, 0.5) is 0 Å². The van der Waals surface area contributed by atoms with Crippen molar-refractivity contribution in [2.75, 3.05) is 13.1 Å². The highest BCUT2D eigenvalue weighted by atomic mass is 79.9. The van der Waals surface area contributed by atoms with Crippen molar-refractivity contribution in [2.24, 2.45) is 0 Å². The number of furan rings is 1. The van der Waals surface area contributed by atoms with Crippen molar-refractivity contribution in [1.29, 1.82) is 0 Å². The van der Waals surface area contributed by atoms with Gasteiger partial charge in [0.05, 0.1) is 14.9 Å². The normalized spacial score (nSPS) is 10.3. The maximum Gasteiger partial charge on any atom is 0.287 e. The summed E-state index contributed by atoms with van der Waals surface area (Å²) in [4.78, 5) is 23.9. The summed E-state index contributed by atoms with van der Waals surface area (Å²) < 4.78 is 6.67. The molecule has 8 heteroatoms. The van der Waals surface area contributed by atoms with Crippen molar-refractivity contribution in [3.05, 3.63) is 43.4 Å². The molecule has 0 bridgehead atoms. The molecule has 0 aliphatic rings. The van der Waals surface area contributed by atoms with Crippen molar-refractivity contribution in [3.8, 4) is 0 Å². The topological polar surface area (TPSA) is 71.3 Å². The van der Waals surface area contributed by atoms with E-state index in [0.717, 1.165) is 8.26 Å². The number of hydrogen-bond acceptors (Lipinski definition) is 4. The zero-order valence-electron chi connectivity index (χ0n) is 10.1. The van der Waals surface area contributed by atoms with Gasteiger partial charge in [0.25, 0.3) is 11.8 Å². The molecule has 0 saturated carbocycles. The van der Waals surface area contributed by atoms with E-state index in [9.17, 15) is 9.59 Å². The molecule has 0 fully saturated rings. The molecule has 0 atom stereocenters. The molecule has 0 saturated heterocycles. The number of carbonyl (C=O) groups excluding carboxylic acids is 2. The van der Waals surface area contributed by atoms with Crippen LogP contribution in [-0.2, 0) is 0 Å². The number of nitrogens with one attached hydrogen (secondary N) is 2. The smallest absolute Gasteiger partial charge is 0.287 e. The van der Waals surface area contributed by atoms with Gasteiger partial charge >= 0.3 is 0 Å². The van der Waals surface area contributed by atoms with Crippen LogP contribution < -0.4 is 10.6 Å². The van der Waals surface area contributed by atoms with E-state index in [1.165, 1.54) is 17.6 Å². The number of rotatable bonds is 5. The highest BCUT2D eigenvalue weighted by Gasteiger charge is 2.12. The van der Waals surface area contributed by atoms with Gasteiger partial charge in [-0.3, -0.25) is 9.59 Å². The van der Waals surface area contributed by atoms with Crippen LogP contribution in [0.5, 0.6) is 0 Å². The Morgan fingerprint density at radius 3 is 2.45 bits per heavy atom. The summed E-state index contributed by atoms with van der Waals surface area (Å²) in [5.74, 6) is -0.220. The summed E-state index contributed by atoms with van der Waals surface area (Å²) in [5.41, 5.74) is 0. The zero-order valence-corrected chi connectivity index (χ0v) is 14.1. The maximum atomic E-state index is 11.8. The second kappa shape index (κ2) is 7.05. The first-order valence-electron chi connectivity index (χ1n) is 5.62. The average Bonchev–Trinajstić information content (AvgIpc) is 3.05. The van der Waals surface area contributed by atoms with Gasteiger partial charge in [-0.15, -0.1) is 11.3 Å². The highest BCUT2D eigenvalue weighted by molar-refractivity contribution is 9.13. The van der Waals surface area contributed by atoms with Crippen molar-refractivity contribution < 1.29 is 14.0 Å². The molecule has 2 N–H and O–H groups in total. The van der Waals surface area contributed by atoms with Crippen molar-refractivity contribution >= 4 is 55.0 Å². The van der Waals surface area contributed by atoms with Gasteiger partial charge in [0.2, 0.25) is 0 Å². The summed E-state index contributed by atoms with van der Waals surface area (Å²) in [5, 5.41) is 5.37. The molecule has 0 radical (unpaired) electrons. The lowest BCUT2D eigenvalue weighted by molar-refractivity contribution is 0.0911. The van der Waals surface area contributed by atoms with E-state index in [1.807, 2.05) is 0 Å². The van der Waals surface area contributed by atoms with Gasteiger partial charge < -0.3 is 15.1 Å². The van der Waals surface area contributed by atoms with Crippen LogP contribution in [0, 0.1) is 0 Å². The zero-order chi connectivity index (χ0) is 14.5. The van der Waals surface area contributed by atoms with Gasteiger partial charge in [-0.25, -0.2) is 0 Å². The number of thiophene rings is 1. The van der Waals surface area contributed by atoms with Crippen molar-refractivity contribution in [3.63, 3.8) is 0 Å². The van der Waals surface area contributed by atoms with Crippen LogP contribution in [-0.4, -0.2) is 24.9 Å². The van der Waals surface area contributed by atoms with Gasteiger partial charge in [-0.05, 0) is 50.1 Å². The van der Waals surface area contributed by atoms with Gasteiger partial charge in [0.15, 0.2) is 5.76 Å². The van der Waals surface area contributed by atoms with Gasteiger partial charge in [0, 0.05) is 17.6 Å². The Kier molecular flexibility index (Phi) is 5.38. The van der Waals surface area contributed by atoms with Crippen LogP contribution in [0.25, 0.3) is 0 Å². The molecule has 5 nitrogen and oxygen atoms in total. The molecule has 2 amide bonds. The molecule has 20 heavy (non-hydrogen) atoms. The van der Waals surface area contributed by atoms with E-state index >= 15 is 0 Å². The molecule has 2 aromatic heterocycles. The fourth-order valence-electron chi connectivity index (χ4n) is 1.39. The molecule has 0 spiro atoms. The Morgan fingerprint density at radius 2 is 1.90 bits per heavy atom. The molecule has 106 valence electrons. The van der Waals surface area contributed by atoms with Crippen LogP contribution in [0.2, 0.25) is 0 Å². The van der Waals surface area contributed by atoms with E-state index in [0.29, 0.717) is 18.0 Å². The Bertz CT molecular complexity index is 591. The summed E-state index contributed by atoms with van der Waals surface area (Å²) in [6, 6.07) is 4.96. The third-order valence-corrected chi connectivity index (χ3v) is 5.57. The van der Waals surface area contributed by atoms with Crippen LogP contribution in [0.3, 0.4) is 0 Å². The third-order valence-electron chi connectivity index (χ3n) is 2.31. The fourth-order valence-corrected chi connectivity index (χ4v) is 3.34. The third kappa shape index (κ3) is 3.94. The first-order valence-corrected chi connectivity index (χ1v) is 8.03. The fraction of sp³-hybridized carbons (Fsp3) is 0.167. The lowest BCUT2D eigenvalue weighted by atomic mass is 10.4. The molecule has 0 unspecified atom stereocenters. The highest BCUT2D eigenvalue weighted by Crippen LogP contribution is 2.32. The number of halogens is 2. The molecule has 2 rings (SSSR count). The second-order valence-corrected chi connectivity index (χ2v) is 6.95. The lowest BCUT2D eigenvalue weighted by Gasteiger charge is -2.04. The summed E-state index contributed by atoms with van der Waals surface area (Å²) in [7, 11) is 0. The minimum Gasteiger partial charge on any atom is -0.459 e. The number of hydrogen-bond donors (Lipinski definition) is 2. The maximum absolute atomic E-state index is 11.8. The number of amides is 2. The van der Waals surface area contributed by atoms with E-state index in [1.54, 1.807) is 18.2 Å². The Balaban J connectivity index is 1.73. The summed E-state index contributed by atoms with van der Waals surface area (Å²) in [6.07, 6.45) is 1.43. The molecule has 2 aromatic rings. The molecule has 2 heterocycles. The Hall–Kier alpha value is -1.12. The molecular weight excluding hydrogens is 412 g/mol. The molecule has 0 aliphatic heterocycles. The standard InChI is InChI=1S/C12H10Br2N2O3S/c13-7-6-9(20-10(7)14)12(18)16-4-3-15-11(17)8-2-1-5-19-8/h1-2,5-6H,3-4H2,(H,15,17)(H,16,18). The monoisotopic (exact) mass is 420 g/mol. The first-order chi connectivity index (χ1) is 9.58. The minimum atomic E-state index is -0.300. The van der Waals surface area contributed by atoms with E-state index in [-0.39, 0.29) is 17.6 Å². The minimum absolute atomic E-state index is 0.173. The Labute approximate surface area is 136 Å². The predicted molar refractivity (Wildman–Crippen MR) is 83.1 cm³/mol. The summed E-state index contributed by atoms with van der Waals surface area (Å²) in [6.45, 7) is 0.678. The quantitative estimate of drug-likeness (QED) is 0.729. The van der Waals surface area contributed by atoms with Gasteiger partial charge in [-0.2, -0.15) is 0 Å². The average molecular weight is 422 g/mol. The predicted octanol–water partition coefficient (Wildman–Crippen LogP) is 3.03. The van der Waals surface area contributed by atoms with Crippen LogP contribution in [0.1, 0.15) is 20.2 Å². The first kappa shape index (κ1) is 15.3. The van der Waals surface area contributed by atoms with Gasteiger partial charge in [-0.1, -0.05) is 0 Å². The van der Waals surface area contributed by atoms with Gasteiger partial charge in [0.1, 0.15) is 0 Å². The molecule has 0 aromatic carbocycles. The Morgan fingerprint density at radius 1 is 1.20 bits per heavy atom. The SMILES string of the molecule is O=C(NCCNC(=O)c1cc(Br)c(Br)s1)c1ccco1. The molecular formula is C12H10Br2N2O3S. The molecule has 0 aliphatic carbocycles. The van der Waals surface area contributed by atoms with Crippen molar-refractivity contribution in [2.45, 2.75) is 0 Å². The number of carbonyl (C=O) groups is 2. The lowest BCUT2D eigenvalue weighted by Crippen LogP contribution is -2.34. The van der Waals surface area contributed by atoms with Crippen LogP contribution >= 0.6 is 43.2 Å². The van der Waals surface area contributed by atoms with Crippen LogP contribution in [0.15, 0.2) is 37.1 Å². The second-order valence-electron chi connectivity index (χ2n) is 3.72. The van der Waals surface area contributed by atoms with E-state index < -0.39 is 0 Å².